The van der Waals surface area contributed by atoms with Crippen LogP contribution < -0.4 is 5.32 Å². The van der Waals surface area contributed by atoms with Crippen molar-refractivity contribution in [1.82, 2.24) is 5.32 Å². The average molecular weight is 441 g/mol. The van der Waals surface area contributed by atoms with Gasteiger partial charge in [0.2, 0.25) is 0 Å². The third-order valence-electron chi connectivity index (χ3n) is 3.65. The molecule has 0 bridgehead atoms. The van der Waals surface area contributed by atoms with Crippen molar-refractivity contribution in [1.29, 1.82) is 0 Å². The summed E-state index contributed by atoms with van der Waals surface area (Å²) in [5, 5.41) is 2.85. The molecule has 0 aliphatic carbocycles. The van der Waals surface area contributed by atoms with Gasteiger partial charge in [-0.25, -0.2) is 9.18 Å². The first kappa shape index (κ1) is 18.7. The molecule has 1 unspecified atom stereocenters. The van der Waals surface area contributed by atoms with Gasteiger partial charge in [0.05, 0.1) is 0 Å². The predicted octanol–water partition coefficient (Wildman–Crippen LogP) is 5.07. The number of hydrogen-bond donors (Lipinski definition) is 1. The highest BCUT2D eigenvalue weighted by molar-refractivity contribution is 14.1. The maximum absolute atomic E-state index is 14.0. The normalized spacial score (nSPS) is 11.8. The molecular weight excluding hydrogens is 420 g/mol. The summed E-state index contributed by atoms with van der Waals surface area (Å²) in [7, 11) is 0. The van der Waals surface area contributed by atoms with Gasteiger partial charge in [-0.1, -0.05) is 49.7 Å². The van der Waals surface area contributed by atoms with Crippen LogP contribution in [0, 0.1) is 9.39 Å². The van der Waals surface area contributed by atoms with Crippen molar-refractivity contribution in [2.24, 2.45) is 0 Å². The summed E-state index contributed by atoms with van der Waals surface area (Å²) in [5.41, 5.74) is 1.54. The quantitative estimate of drug-likeness (QED) is 0.610. The fraction of sp³-hybridized carbons (Fsp3) is 0.316. The number of nitrogens with one attached hydrogen (secondary N) is 1. The SMILES string of the molecule is CCCC(Cc1ccc(I)cc1F)NC(=O)OCc1ccccc1. The number of ether oxygens (including phenoxy) is 1. The third-order valence-corrected chi connectivity index (χ3v) is 4.32. The van der Waals surface area contributed by atoms with Gasteiger partial charge in [0.1, 0.15) is 12.4 Å². The van der Waals surface area contributed by atoms with Crippen molar-refractivity contribution in [3.63, 3.8) is 0 Å². The van der Waals surface area contributed by atoms with Crippen molar-refractivity contribution in [3.05, 3.63) is 69.0 Å². The lowest BCUT2D eigenvalue weighted by Gasteiger charge is -2.18. The molecule has 24 heavy (non-hydrogen) atoms. The monoisotopic (exact) mass is 441 g/mol. The smallest absolute Gasteiger partial charge is 0.407 e. The number of benzene rings is 2. The standard InChI is InChI=1S/C19H21FINO2/c1-2-6-17(11-15-9-10-16(21)12-18(15)20)22-19(23)24-13-14-7-4-3-5-8-14/h3-5,7-10,12,17H,2,6,11,13H2,1H3,(H,22,23). The van der Waals surface area contributed by atoms with Crippen molar-refractivity contribution < 1.29 is 13.9 Å². The molecule has 0 saturated heterocycles. The van der Waals surface area contributed by atoms with Crippen molar-refractivity contribution >= 4 is 28.7 Å². The van der Waals surface area contributed by atoms with Crippen LogP contribution in [0.4, 0.5) is 9.18 Å². The highest BCUT2D eigenvalue weighted by Gasteiger charge is 2.15. The number of carbonyl (C=O) groups excluding carboxylic acids is 1. The van der Waals surface area contributed by atoms with Gasteiger partial charge in [-0.2, -0.15) is 0 Å². The summed E-state index contributed by atoms with van der Waals surface area (Å²) in [5.74, 6) is -0.234. The first-order chi connectivity index (χ1) is 11.6. The third kappa shape index (κ3) is 6.11. The van der Waals surface area contributed by atoms with Crippen LogP contribution in [0.2, 0.25) is 0 Å². The molecule has 0 aliphatic heterocycles. The highest BCUT2D eigenvalue weighted by atomic mass is 127. The summed E-state index contributed by atoms with van der Waals surface area (Å²) in [6, 6.07) is 14.5. The van der Waals surface area contributed by atoms with Crippen LogP contribution in [-0.4, -0.2) is 12.1 Å². The van der Waals surface area contributed by atoms with Crippen LogP contribution in [0.1, 0.15) is 30.9 Å². The summed E-state index contributed by atoms with van der Waals surface area (Å²) in [4.78, 5) is 12.0. The Morgan fingerprint density at radius 2 is 2.00 bits per heavy atom. The maximum atomic E-state index is 14.0. The minimum absolute atomic E-state index is 0.146. The predicted molar refractivity (Wildman–Crippen MR) is 101 cm³/mol. The van der Waals surface area contributed by atoms with E-state index in [4.69, 9.17) is 4.74 Å². The first-order valence-corrected chi connectivity index (χ1v) is 9.07. The zero-order valence-electron chi connectivity index (χ0n) is 13.6. The second-order valence-corrected chi connectivity index (χ2v) is 6.88. The molecule has 1 atom stereocenters. The van der Waals surface area contributed by atoms with Crippen LogP contribution >= 0.6 is 22.6 Å². The van der Waals surface area contributed by atoms with E-state index in [-0.39, 0.29) is 18.5 Å². The minimum atomic E-state index is -0.469. The molecule has 1 amide bonds. The lowest BCUT2D eigenvalue weighted by molar-refractivity contribution is 0.135. The molecule has 0 saturated carbocycles. The van der Waals surface area contributed by atoms with E-state index >= 15 is 0 Å². The molecule has 5 heteroatoms. The Balaban J connectivity index is 1.91. The zero-order chi connectivity index (χ0) is 17.4. The van der Waals surface area contributed by atoms with Crippen LogP contribution in [0.15, 0.2) is 48.5 Å². The van der Waals surface area contributed by atoms with Crippen LogP contribution in [0.3, 0.4) is 0 Å². The Morgan fingerprint density at radius 3 is 2.67 bits per heavy atom. The number of halogens is 2. The van der Waals surface area contributed by atoms with E-state index < -0.39 is 6.09 Å². The lowest BCUT2D eigenvalue weighted by Crippen LogP contribution is -2.36. The topological polar surface area (TPSA) is 38.3 Å². The molecule has 2 aromatic carbocycles. The molecule has 0 heterocycles. The van der Waals surface area contributed by atoms with Gasteiger partial charge in [-0.3, -0.25) is 0 Å². The molecule has 0 fully saturated rings. The van der Waals surface area contributed by atoms with Crippen LogP contribution in [0.5, 0.6) is 0 Å². The fourth-order valence-electron chi connectivity index (χ4n) is 2.46. The van der Waals surface area contributed by atoms with Gasteiger partial charge in [0.15, 0.2) is 0 Å². The molecule has 2 rings (SSSR count). The van der Waals surface area contributed by atoms with E-state index in [9.17, 15) is 9.18 Å². The zero-order valence-corrected chi connectivity index (χ0v) is 15.8. The fourth-order valence-corrected chi connectivity index (χ4v) is 2.91. The highest BCUT2D eigenvalue weighted by Crippen LogP contribution is 2.16. The van der Waals surface area contributed by atoms with Gasteiger partial charge in [-0.15, -0.1) is 0 Å². The van der Waals surface area contributed by atoms with Crippen LogP contribution in [0.25, 0.3) is 0 Å². The second kappa shape index (κ2) is 9.61. The Kier molecular flexibility index (Phi) is 7.49. The van der Waals surface area contributed by atoms with Gasteiger partial charge in [0, 0.05) is 9.61 Å². The molecule has 0 aromatic heterocycles. The van der Waals surface area contributed by atoms with Gasteiger partial charge in [-0.05, 0) is 58.7 Å². The molecule has 1 N–H and O–H groups in total. The Bertz CT molecular complexity index is 664. The van der Waals surface area contributed by atoms with Crippen molar-refractivity contribution in [2.75, 3.05) is 0 Å². The molecular formula is C19H21FINO2. The van der Waals surface area contributed by atoms with Crippen LogP contribution in [-0.2, 0) is 17.8 Å². The number of hydrogen-bond acceptors (Lipinski definition) is 2. The van der Waals surface area contributed by atoms with Gasteiger partial charge >= 0.3 is 6.09 Å². The van der Waals surface area contributed by atoms with E-state index in [1.165, 1.54) is 6.07 Å². The second-order valence-electron chi connectivity index (χ2n) is 5.63. The van der Waals surface area contributed by atoms with Crippen molar-refractivity contribution in [2.45, 2.75) is 38.8 Å². The molecule has 3 nitrogen and oxygen atoms in total. The molecule has 0 aliphatic rings. The van der Waals surface area contributed by atoms with Gasteiger partial charge in [0.25, 0.3) is 0 Å². The first-order valence-electron chi connectivity index (χ1n) is 7.99. The summed E-state index contributed by atoms with van der Waals surface area (Å²) in [6.07, 6.45) is 1.65. The summed E-state index contributed by atoms with van der Waals surface area (Å²) < 4.78 is 20.1. The van der Waals surface area contributed by atoms with E-state index in [1.54, 1.807) is 6.07 Å². The van der Waals surface area contributed by atoms with E-state index in [0.717, 1.165) is 22.0 Å². The summed E-state index contributed by atoms with van der Waals surface area (Å²) >= 11 is 2.08. The molecule has 0 spiro atoms. The van der Waals surface area contributed by atoms with Crippen molar-refractivity contribution in [3.8, 4) is 0 Å². The number of rotatable bonds is 7. The average Bonchev–Trinajstić information content (AvgIpc) is 2.57. The molecule has 2 aromatic rings. The molecule has 128 valence electrons. The Hall–Kier alpha value is -1.63. The summed E-state index contributed by atoms with van der Waals surface area (Å²) in [6.45, 7) is 2.26. The number of carbonyl (C=O) groups is 1. The molecule has 0 radical (unpaired) electrons. The lowest BCUT2D eigenvalue weighted by atomic mass is 10.0. The maximum Gasteiger partial charge on any atom is 0.407 e. The van der Waals surface area contributed by atoms with E-state index in [0.29, 0.717) is 12.0 Å². The number of alkyl carbamates (subject to hydrolysis) is 1. The minimum Gasteiger partial charge on any atom is -0.445 e. The van der Waals surface area contributed by atoms with E-state index in [1.807, 2.05) is 43.3 Å². The Labute approximate surface area is 155 Å². The Morgan fingerprint density at radius 1 is 1.25 bits per heavy atom. The largest absolute Gasteiger partial charge is 0.445 e. The number of amides is 1. The van der Waals surface area contributed by atoms with Gasteiger partial charge < -0.3 is 10.1 Å². The van der Waals surface area contributed by atoms with E-state index in [2.05, 4.69) is 27.9 Å².